The molecule has 1 aromatic heterocycles. The molecule has 4 aromatic rings. The molecule has 3 aromatic carbocycles. The number of carbonyl (C=O) groups is 1. The van der Waals surface area contributed by atoms with Gasteiger partial charge in [0.15, 0.2) is 0 Å². The molecule has 0 fully saturated rings. The van der Waals surface area contributed by atoms with Gasteiger partial charge in [-0.15, -0.1) is 0 Å². The fourth-order valence-corrected chi connectivity index (χ4v) is 5.17. The summed E-state index contributed by atoms with van der Waals surface area (Å²) in [4.78, 5) is 15.5. The highest BCUT2D eigenvalue weighted by atomic mass is 35.5. The first-order valence-electron chi connectivity index (χ1n) is 11.6. The third-order valence-corrected chi connectivity index (χ3v) is 6.97. The predicted molar refractivity (Wildman–Crippen MR) is 136 cm³/mol. The SMILES string of the molecule is COc1cc(OC)c2ccn(CCC(=O)N3CCc4ccccc4C3c3cc(Cl)ccc3O)c2c1. The van der Waals surface area contributed by atoms with E-state index in [4.69, 9.17) is 21.1 Å². The number of aromatic hydroxyl groups is 1. The molecule has 0 aliphatic carbocycles. The molecule has 0 bridgehead atoms. The number of benzene rings is 3. The molecule has 1 aliphatic rings. The van der Waals surface area contributed by atoms with Crippen LogP contribution in [-0.4, -0.2) is 41.2 Å². The quantitative estimate of drug-likeness (QED) is 0.383. The number of amides is 1. The summed E-state index contributed by atoms with van der Waals surface area (Å²) < 4.78 is 13.0. The molecule has 1 N–H and O–H groups in total. The van der Waals surface area contributed by atoms with Gasteiger partial charge in [-0.3, -0.25) is 4.79 Å². The minimum absolute atomic E-state index is 0.0144. The summed E-state index contributed by atoms with van der Waals surface area (Å²) in [6.45, 7) is 1.07. The molecule has 0 spiro atoms. The van der Waals surface area contributed by atoms with E-state index in [1.54, 1.807) is 32.4 Å². The smallest absolute Gasteiger partial charge is 0.225 e. The van der Waals surface area contributed by atoms with Crippen LogP contribution in [0.3, 0.4) is 0 Å². The highest BCUT2D eigenvalue weighted by Crippen LogP contribution is 2.40. The number of carbonyl (C=O) groups excluding carboxylic acids is 1. The summed E-state index contributed by atoms with van der Waals surface area (Å²) in [6.07, 6.45) is 3.04. The van der Waals surface area contributed by atoms with Crippen molar-refractivity contribution in [1.29, 1.82) is 0 Å². The van der Waals surface area contributed by atoms with E-state index in [0.717, 1.165) is 28.6 Å². The number of ether oxygens (including phenoxy) is 2. The summed E-state index contributed by atoms with van der Waals surface area (Å²) in [5.41, 5.74) is 3.78. The Kier molecular flexibility index (Phi) is 6.31. The van der Waals surface area contributed by atoms with Crippen molar-refractivity contribution < 1.29 is 19.4 Å². The van der Waals surface area contributed by atoms with Gasteiger partial charge in [-0.1, -0.05) is 35.9 Å². The number of phenolic OH excluding ortho intramolecular Hbond substituents is 1. The summed E-state index contributed by atoms with van der Waals surface area (Å²) in [5, 5.41) is 12.2. The number of rotatable bonds is 6. The Morgan fingerprint density at radius 3 is 2.69 bits per heavy atom. The number of phenols is 1. The molecular formula is C28H27ClN2O4. The number of halogens is 1. The number of methoxy groups -OCH3 is 2. The van der Waals surface area contributed by atoms with Crippen LogP contribution in [0.2, 0.25) is 5.02 Å². The molecule has 1 aliphatic heterocycles. The molecular weight excluding hydrogens is 464 g/mol. The van der Waals surface area contributed by atoms with Crippen LogP contribution in [0.4, 0.5) is 0 Å². The minimum Gasteiger partial charge on any atom is -0.508 e. The van der Waals surface area contributed by atoms with Gasteiger partial charge in [0.2, 0.25) is 5.91 Å². The van der Waals surface area contributed by atoms with Crippen molar-refractivity contribution in [3.63, 3.8) is 0 Å². The van der Waals surface area contributed by atoms with E-state index < -0.39 is 6.04 Å². The lowest BCUT2D eigenvalue weighted by molar-refractivity contribution is -0.133. The highest BCUT2D eigenvalue weighted by Gasteiger charge is 2.33. The van der Waals surface area contributed by atoms with Crippen LogP contribution in [0.15, 0.2) is 66.9 Å². The van der Waals surface area contributed by atoms with Crippen molar-refractivity contribution in [2.45, 2.75) is 25.4 Å². The van der Waals surface area contributed by atoms with E-state index in [9.17, 15) is 9.90 Å². The van der Waals surface area contributed by atoms with Crippen molar-refractivity contribution in [3.8, 4) is 17.2 Å². The normalized spacial score (nSPS) is 15.2. The number of fused-ring (bicyclic) bond motifs is 2. The number of hydrogen-bond acceptors (Lipinski definition) is 4. The molecule has 7 heteroatoms. The maximum atomic E-state index is 13.6. The third-order valence-electron chi connectivity index (χ3n) is 6.73. The van der Waals surface area contributed by atoms with Crippen LogP contribution < -0.4 is 9.47 Å². The first-order valence-corrected chi connectivity index (χ1v) is 11.9. The maximum Gasteiger partial charge on any atom is 0.225 e. The van der Waals surface area contributed by atoms with Crippen molar-refractivity contribution in [1.82, 2.24) is 9.47 Å². The molecule has 6 nitrogen and oxygen atoms in total. The van der Waals surface area contributed by atoms with Gasteiger partial charge >= 0.3 is 0 Å². The Hall–Kier alpha value is -3.64. The lowest BCUT2D eigenvalue weighted by Gasteiger charge is -2.38. The highest BCUT2D eigenvalue weighted by molar-refractivity contribution is 6.30. The van der Waals surface area contributed by atoms with Crippen molar-refractivity contribution in [2.24, 2.45) is 0 Å². The van der Waals surface area contributed by atoms with Crippen LogP contribution in [0.5, 0.6) is 17.2 Å². The lowest BCUT2D eigenvalue weighted by Crippen LogP contribution is -2.41. The molecule has 35 heavy (non-hydrogen) atoms. The molecule has 0 saturated heterocycles. The second-order valence-electron chi connectivity index (χ2n) is 8.66. The van der Waals surface area contributed by atoms with Gasteiger partial charge in [-0.25, -0.2) is 0 Å². The van der Waals surface area contributed by atoms with Gasteiger partial charge in [-0.05, 0) is 41.8 Å². The Balaban J connectivity index is 1.45. The molecule has 180 valence electrons. The summed E-state index contributed by atoms with van der Waals surface area (Å²) in [5.74, 6) is 1.57. The summed E-state index contributed by atoms with van der Waals surface area (Å²) in [6, 6.07) is 18.5. The van der Waals surface area contributed by atoms with E-state index in [1.807, 2.05) is 52.1 Å². The monoisotopic (exact) mass is 490 g/mol. The topological polar surface area (TPSA) is 63.9 Å². The van der Waals surface area contributed by atoms with E-state index in [1.165, 1.54) is 5.56 Å². The Bertz CT molecular complexity index is 1400. The molecule has 1 atom stereocenters. The molecule has 0 saturated carbocycles. The van der Waals surface area contributed by atoms with Gasteiger partial charge in [0.1, 0.15) is 17.2 Å². The van der Waals surface area contributed by atoms with E-state index >= 15 is 0 Å². The number of aryl methyl sites for hydroxylation is 1. The van der Waals surface area contributed by atoms with Gasteiger partial charge in [0.25, 0.3) is 0 Å². The first-order chi connectivity index (χ1) is 17.0. The average molecular weight is 491 g/mol. The van der Waals surface area contributed by atoms with Crippen LogP contribution in [0.1, 0.15) is 29.2 Å². The average Bonchev–Trinajstić information content (AvgIpc) is 3.30. The Morgan fingerprint density at radius 1 is 1.06 bits per heavy atom. The van der Waals surface area contributed by atoms with Crippen molar-refractivity contribution in [2.75, 3.05) is 20.8 Å². The second-order valence-corrected chi connectivity index (χ2v) is 9.10. The van der Waals surface area contributed by atoms with E-state index in [0.29, 0.717) is 35.8 Å². The molecule has 1 unspecified atom stereocenters. The van der Waals surface area contributed by atoms with Crippen LogP contribution in [-0.2, 0) is 17.8 Å². The van der Waals surface area contributed by atoms with Crippen molar-refractivity contribution in [3.05, 3.63) is 88.6 Å². The molecule has 1 amide bonds. The van der Waals surface area contributed by atoms with Crippen molar-refractivity contribution >= 4 is 28.4 Å². The Labute approximate surface area is 209 Å². The fourth-order valence-electron chi connectivity index (χ4n) is 4.99. The van der Waals surface area contributed by atoms with Gasteiger partial charge in [0.05, 0.1) is 25.8 Å². The minimum atomic E-state index is -0.396. The second kappa shape index (κ2) is 9.55. The van der Waals surface area contributed by atoms with Gasteiger partial charge in [-0.2, -0.15) is 0 Å². The Morgan fingerprint density at radius 2 is 1.89 bits per heavy atom. The van der Waals surface area contributed by atoms with Crippen LogP contribution >= 0.6 is 11.6 Å². The van der Waals surface area contributed by atoms with E-state index in [-0.39, 0.29) is 11.7 Å². The standard InChI is InChI=1S/C28H27ClN2O4/c1-34-20-16-24-22(26(17-20)35-2)10-12-30(24)13-11-27(33)31-14-9-18-5-3-4-6-21(18)28(31)23-15-19(29)7-8-25(23)32/h3-8,10,12,15-17,28,32H,9,11,13-14H2,1-2H3. The number of aromatic nitrogens is 1. The molecule has 0 radical (unpaired) electrons. The zero-order valence-corrected chi connectivity index (χ0v) is 20.5. The molecule has 2 heterocycles. The fraction of sp³-hybridized carbons (Fsp3) is 0.250. The molecule has 5 rings (SSSR count). The van der Waals surface area contributed by atoms with Crippen LogP contribution in [0.25, 0.3) is 10.9 Å². The maximum absolute atomic E-state index is 13.6. The zero-order chi connectivity index (χ0) is 24.5. The lowest BCUT2D eigenvalue weighted by atomic mass is 9.87. The number of hydrogen-bond donors (Lipinski definition) is 1. The van der Waals surface area contributed by atoms with Gasteiger partial charge < -0.3 is 24.0 Å². The summed E-state index contributed by atoms with van der Waals surface area (Å²) >= 11 is 6.29. The van der Waals surface area contributed by atoms with E-state index in [2.05, 4.69) is 6.07 Å². The largest absolute Gasteiger partial charge is 0.508 e. The number of nitrogens with zero attached hydrogens (tertiary/aromatic N) is 2. The predicted octanol–water partition coefficient (Wildman–Crippen LogP) is 5.58. The van der Waals surface area contributed by atoms with Crippen LogP contribution in [0, 0.1) is 0 Å². The zero-order valence-electron chi connectivity index (χ0n) is 19.7. The summed E-state index contributed by atoms with van der Waals surface area (Å²) in [7, 11) is 3.26. The van der Waals surface area contributed by atoms with Gasteiger partial charge in [0, 0.05) is 53.8 Å². The third kappa shape index (κ3) is 4.30. The first kappa shape index (κ1) is 23.1.